The zero-order valence-corrected chi connectivity index (χ0v) is 23.3. The third kappa shape index (κ3) is 6.74. The minimum Gasteiger partial charge on any atom is -0.317 e. The molecule has 5 aromatic carbocycles. The normalized spacial score (nSPS) is 13.2. The van der Waals surface area contributed by atoms with Crippen LogP contribution >= 0.6 is 0 Å². The average Bonchev–Trinajstić information content (AvgIpc) is 3.41. The van der Waals surface area contributed by atoms with Crippen molar-refractivity contribution in [2.75, 3.05) is 13.1 Å². The standard InChI is InChI=1S/C18H14.C15H14.C5H11N/c1-3-7-15(8-4-1)17-11-13-18(14-12-17)16-9-5-2-6-10-16;1-10-7-8-14-13-6-4-3-5-12(13)9-15(14)11(10)2;1-2-4-6-5-3-1/h1-14H;3-8H,9H2,1-2H3;6H,1-5H2. The fourth-order valence-electron chi connectivity index (χ4n) is 5.40. The van der Waals surface area contributed by atoms with Crippen molar-refractivity contribution in [3.8, 4) is 33.4 Å². The molecule has 0 bridgehead atoms. The van der Waals surface area contributed by atoms with Gasteiger partial charge in [0.1, 0.15) is 0 Å². The maximum absolute atomic E-state index is 3.28. The summed E-state index contributed by atoms with van der Waals surface area (Å²) in [4.78, 5) is 0. The summed E-state index contributed by atoms with van der Waals surface area (Å²) in [5.74, 6) is 0. The summed E-state index contributed by atoms with van der Waals surface area (Å²) in [7, 11) is 0. The van der Waals surface area contributed by atoms with E-state index in [0.717, 1.165) is 6.42 Å². The molecular weight excluding hydrogens is 470 g/mol. The first-order chi connectivity index (χ1) is 19.2. The number of fused-ring (bicyclic) bond motifs is 3. The summed E-state index contributed by atoms with van der Waals surface area (Å²) >= 11 is 0. The maximum Gasteiger partial charge on any atom is -0.00107 e. The molecule has 39 heavy (non-hydrogen) atoms. The van der Waals surface area contributed by atoms with Crippen molar-refractivity contribution < 1.29 is 0 Å². The minimum absolute atomic E-state index is 1.11. The molecule has 1 heterocycles. The van der Waals surface area contributed by atoms with Crippen molar-refractivity contribution in [2.45, 2.75) is 39.5 Å². The third-order valence-electron chi connectivity index (χ3n) is 7.85. The molecule has 0 amide bonds. The van der Waals surface area contributed by atoms with Crippen LogP contribution in [0.2, 0.25) is 0 Å². The molecule has 1 fully saturated rings. The van der Waals surface area contributed by atoms with Gasteiger partial charge in [-0.3, -0.25) is 0 Å². The molecule has 1 N–H and O–H groups in total. The van der Waals surface area contributed by atoms with Gasteiger partial charge in [-0.2, -0.15) is 0 Å². The van der Waals surface area contributed by atoms with Gasteiger partial charge in [-0.05, 0) is 102 Å². The van der Waals surface area contributed by atoms with Gasteiger partial charge in [0, 0.05) is 0 Å². The lowest BCUT2D eigenvalue weighted by Crippen LogP contribution is -2.21. The van der Waals surface area contributed by atoms with Crippen molar-refractivity contribution in [1.29, 1.82) is 0 Å². The van der Waals surface area contributed by atoms with Crippen LogP contribution in [0.1, 0.15) is 41.5 Å². The van der Waals surface area contributed by atoms with E-state index < -0.39 is 0 Å². The molecule has 1 heteroatoms. The van der Waals surface area contributed by atoms with Gasteiger partial charge in [-0.15, -0.1) is 0 Å². The summed E-state index contributed by atoms with van der Waals surface area (Å²) in [5.41, 5.74) is 13.8. The molecule has 1 aliphatic carbocycles. The Morgan fingerprint density at radius 1 is 0.462 bits per heavy atom. The van der Waals surface area contributed by atoms with Gasteiger partial charge in [0.05, 0.1) is 0 Å². The third-order valence-corrected chi connectivity index (χ3v) is 7.85. The highest BCUT2D eigenvalue weighted by Crippen LogP contribution is 2.38. The summed E-state index contributed by atoms with van der Waals surface area (Å²) in [6.07, 6.45) is 5.33. The first-order valence-electron chi connectivity index (χ1n) is 14.3. The van der Waals surface area contributed by atoms with Crippen LogP contribution in [0.5, 0.6) is 0 Å². The van der Waals surface area contributed by atoms with Crippen molar-refractivity contribution >= 4 is 0 Å². The Kier molecular flexibility index (Phi) is 9.04. The van der Waals surface area contributed by atoms with E-state index >= 15 is 0 Å². The molecule has 0 aromatic heterocycles. The lowest BCUT2D eigenvalue weighted by atomic mass is 9.98. The van der Waals surface area contributed by atoms with Crippen LogP contribution in [0.15, 0.2) is 121 Å². The van der Waals surface area contributed by atoms with Gasteiger partial charge in [0.15, 0.2) is 0 Å². The molecule has 5 aromatic rings. The average molecular weight is 510 g/mol. The van der Waals surface area contributed by atoms with E-state index in [0.29, 0.717) is 0 Å². The Morgan fingerprint density at radius 2 is 0.974 bits per heavy atom. The second-order valence-corrected chi connectivity index (χ2v) is 10.5. The predicted octanol–water partition coefficient (Wildman–Crippen LogP) is 9.66. The summed E-state index contributed by atoms with van der Waals surface area (Å²) in [6.45, 7) is 6.93. The summed E-state index contributed by atoms with van der Waals surface area (Å²) in [5, 5.41) is 3.28. The van der Waals surface area contributed by atoms with E-state index in [1.54, 1.807) is 0 Å². The number of aryl methyl sites for hydroxylation is 1. The van der Waals surface area contributed by atoms with Crippen LogP contribution in [0.3, 0.4) is 0 Å². The fourth-order valence-corrected chi connectivity index (χ4v) is 5.40. The van der Waals surface area contributed by atoms with E-state index in [1.165, 1.54) is 88.0 Å². The molecule has 7 rings (SSSR count). The summed E-state index contributed by atoms with van der Waals surface area (Å²) < 4.78 is 0. The molecule has 0 radical (unpaired) electrons. The molecule has 1 saturated heterocycles. The number of hydrogen-bond donors (Lipinski definition) is 1. The molecule has 1 nitrogen and oxygen atoms in total. The van der Waals surface area contributed by atoms with Gasteiger partial charge in [-0.25, -0.2) is 0 Å². The van der Waals surface area contributed by atoms with Crippen LogP contribution in [-0.4, -0.2) is 13.1 Å². The van der Waals surface area contributed by atoms with E-state index in [1.807, 2.05) is 12.1 Å². The first kappa shape index (κ1) is 26.7. The monoisotopic (exact) mass is 509 g/mol. The van der Waals surface area contributed by atoms with Gasteiger partial charge in [0.25, 0.3) is 0 Å². The van der Waals surface area contributed by atoms with Gasteiger partial charge >= 0.3 is 0 Å². The Bertz CT molecular complexity index is 1390. The van der Waals surface area contributed by atoms with E-state index in [-0.39, 0.29) is 0 Å². The van der Waals surface area contributed by atoms with Crippen molar-refractivity contribution in [1.82, 2.24) is 5.32 Å². The number of benzene rings is 5. The van der Waals surface area contributed by atoms with Crippen LogP contribution in [0, 0.1) is 13.8 Å². The number of rotatable bonds is 2. The second-order valence-electron chi connectivity index (χ2n) is 10.5. The SMILES string of the molecule is C1CCNCC1.Cc1ccc2c(c1C)Cc1ccccc1-2.c1ccc(-c2ccc(-c3ccccc3)cc2)cc1. The van der Waals surface area contributed by atoms with Crippen LogP contribution in [0.25, 0.3) is 33.4 Å². The molecule has 2 aliphatic rings. The molecule has 196 valence electrons. The molecule has 0 unspecified atom stereocenters. The quantitative estimate of drug-likeness (QED) is 0.245. The van der Waals surface area contributed by atoms with E-state index in [9.17, 15) is 0 Å². The highest BCUT2D eigenvalue weighted by molar-refractivity contribution is 5.78. The van der Waals surface area contributed by atoms with Gasteiger partial charge in [-0.1, -0.05) is 128 Å². The predicted molar refractivity (Wildman–Crippen MR) is 168 cm³/mol. The Labute approximate surface area is 234 Å². The fraction of sp³-hybridized carbons (Fsp3) is 0.211. The van der Waals surface area contributed by atoms with Crippen molar-refractivity contribution in [3.05, 3.63) is 144 Å². The largest absolute Gasteiger partial charge is 0.317 e. The van der Waals surface area contributed by atoms with E-state index in [4.69, 9.17) is 0 Å². The lowest BCUT2D eigenvalue weighted by Gasteiger charge is -2.08. The number of nitrogens with one attached hydrogen (secondary N) is 1. The van der Waals surface area contributed by atoms with Gasteiger partial charge < -0.3 is 5.32 Å². The van der Waals surface area contributed by atoms with Crippen LogP contribution in [-0.2, 0) is 6.42 Å². The van der Waals surface area contributed by atoms with Crippen LogP contribution in [0.4, 0.5) is 0 Å². The number of piperidine rings is 1. The van der Waals surface area contributed by atoms with Gasteiger partial charge in [0.2, 0.25) is 0 Å². The Morgan fingerprint density at radius 3 is 1.49 bits per heavy atom. The molecule has 0 atom stereocenters. The zero-order valence-electron chi connectivity index (χ0n) is 23.3. The Balaban J connectivity index is 0.000000132. The molecule has 0 spiro atoms. The zero-order chi connectivity index (χ0) is 26.9. The Hall–Kier alpha value is -3.94. The van der Waals surface area contributed by atoms with E-state index in [2.05, 4.69) is 128 Å². The molecular formula is C38H39N. The van der Waals surface area contributed by atoms with Crippen LogP contribution < -0.4 is 5.32 Å². The highest BCUT2D eigenvalue weighted by atomic mass is 14.9. The molecule has 0 saturated carbocycles. The smallest absolute Gasteiger partial charge is 0.00107 e. The number of hydrogen-bond acceptors (Lipinski definition) is 1. The van der Waals surface area contributed by atoms with Crippen molar-refractivity contribution in [3.63, 3.8) is 0 Å². The maximum atomic E-state index is 3.28. The molecule has 1 aliphatic heterocycles. The topological polar surface area (TPSA) is 12.0 Å². The van der Waals surface area contributed by atoms with Crippen molar-refractivity contribution in [2.24, 2.45) is 0 Å². The highest BCUT2D eigenvalue weighted by Gasteiger charge is 2.19. The lowest BCUT2D eigenvalue weighted by molar-refractivity contribution is 0.520. The minimum atomic E-state index is 1.11. The second kappa shape index (κ2) is 13.2. The first-order valence-corrected chi connectivity index (χ1v) is 14.3. The summed E-state index contributed by atoms with van der Waals surface area (Å²) in [6, 6.07) is 42.9.